The van der Waals surface area contributed by atoms with Crippen LogP contribution in [0.25, 0.3) is 0 Å². The van der Waals surface area contributed by atoms with Gasteiger partial charge in [0.2, 0.25) is 0 Å². The van der Waals surface area contributed by atoms with Crippen LogP contribution in [0, 0.1) is 11.3 Å². The molecule has 2 rings (SSSR count). The second kappa shape index (κ2) is 8.13. The van der Waals surface area contributed by atoms with Crippen LogP contribution >= 0.6 is 23.2 Å². The molecule has 0 saturated carbocycles. The van der Waals surface area contributed by atoms with Gasteiger partial charge in [0, 0.05) is 11.9 Å². The van der Waals surface area contributed by atoms with Gasteiger partial charge in [0.1, 0.15) is 11.6 Å². The second-order valence-electron chi connectivity index (χ2n) is 4.94. The van der Waals surface area contributed by atoms with Crippen LogP contribution in [0.1, 0.15) is 5.56 Å². The molecule has 0 bridgehead atoms. The number of nitrogens with one attached hydrogen (secondary N) is 2. The molecule has 134 valence electrons. The molecule has 0 heterocycles. The van der Waals surface area contributed by atoms with E-state index in [1.165, 1.54) is 24.3 Å². The summed E-state index contributed by atoms with van der Waals surface area (Å²) >= 11 is 11.8. The Morgan fingerprint density at radius 2 is 1.77 bits per heavy atom. The van der Waals surface area contributed by atoms with E-state index in [-0.39, 0.29) is 27.0 Å². The molecule has 1 amide bonds. The van der Waals surface area contributed by atoms with Crippen molar-refractivity contribution in [3.8, 4) is 6.07 Å². The summed E-state index contributed by atoms with van der Waals surface area (Å²) in [4.78, 5) is 12.1. The number of benzene rings is 2. The lowest BCUT2D eigenvalue weighted by Crippen LogP contribution is -2.15. The van der Waals surface area contributed by atoms with Crippen molar-refractivity contribution < 1.29 is 18.0 Å². The summed E-state index contributed by atoms with van der Waals surface area (Å²) in [7, 11) is 0. The smallest absolute Gasteiger partial charge is 0.360 e. The van der Waals surface area contributed by atoms with Crippen molar-refractivity contribution in [2.75, 3.05) is 10.6 Å². The maximum absolute atomic E-state index is 12.5. The van der Waals surface area contributed by atoms with Crippen LogP contribution in [0.5, 0.6) is 0 Å². The zero-order valence-electron chi connectivity index (χ0n) is 12.9. The quantitative estimate of drug-likeness (QED) is 0.529. The first kappa shape index (κ1) is 19.6. The van der Waals surface area contributed by atoms with Crippen LogP contribution in [0.15, 0.2) is 54.2 Å². The van der Waals surface area contributed by atoms with Crippen LogP contribution < -0.4 is 10.6 Å². The Morgan fingerprint density at radius 1 is 1.12 bits per heavy atom. The number of halogens is 5. The van der Waals surface area contributed by atoms with Gasteiger partial charge in [0.15, 0.2) is 0 Å². The number of hydrogen-bond donors (Lipinski definition) is 2. The van der Waals surface area contributed by atoms with E-state index < -0.39 is 17.6 Å². The minimum Gasteiger partial charge on any atom is -0.360 e. The minimum absolute atomic E-state index is 0.121. The Kier molecular flexibility index (Phi) is 6.14. The predicted octanol–water partition coefficient (Wildman–Crippen LogP) is 5.47. The number of nitrogens with zero attached hydrogens (tertiary/aromatic N) is 1. The molecule has 0 unspecified atom stereocenters. The maximum Gasteiger partial charge on any atom is 0.416 e. The van der Waals surface area contributed by atoms with Crippen molar-refractivity contribution in [2.24, 2.45) is 0 Å². The number of amides is 1. The van der Waals surface area contributed by atoms with Gasteiger partial charge in [-0.1, -0.05) is 29.3 Å². The highest BCUT2D eigenvalue weighted by atomic mass is 35.5. The van der Waals surface area contributed by atoms with Crippen LogP contribution in [0.3, 0.4) is 0 Å². The molecule has 0 spiro atoms. The SMILES string of the molecule is N#C/C(=C/Nc1ccc(C(F)(F)F)cc1)C(=O)Nc1cccc(Cl)c1Cl. The number of anilines is 2. The summed E-state index contributed by atoms with van der Waals surface area (Å²) in [5.41, 5.74) is -0.610. The first-order valence-corrected chi connectivity index (χ1v) is 7.77. The molecular weight excluding hydrogens is 390 g/mol. The summed E-state index contributed by atoms with van der Waals surface area (Å²) < 4.78 is 37.5. The summed E-state index contributed by atoms with van der Waals surface area (Å²) in [5, 5.41) is 14.5. The van der Waals surface area contributed by atoms with Gasteiger partial charge >= 0.3 is 6.18 Å². The lowest BCUT2D eigenvalue weighted by atomic mass is 10.2. The van der Waals surface area contributed by atoms with Crippen LogP contribution in [0.4, 0.5) is 24.5 Å². The van der Waals surface area contributed by atoms with Crippen molar-refractivity contribution in [3.63, 3.8) is 0 Å². The lowest BCUT2D eigenvalue weighted by molar-refractivity contribution is -0.137. The molecule has 0 aliphatic carbocycles. The molecule has 0 fully saturated rings. The van der Waals surface area contributed by atoms with Gasteiger partial charge in [0.25, 0.3) is 5.91 Å². The number of carbonyl (C=O) groups excluding carboxylic acids is 1. The van der Waals surface area contributed by atoms with E-state index in [0.29, 0.717) is 0 Å². The molecule has 26 heavy (non-hydrogen) atoms. The number of nitriles is 1. The van der Waals surface area contributed by atoms with Crippen molar-refractivity contribution >= 4 is 40.5 Å². The van der Waals surface area contributed by atoms with Crippen LogP contribution in [-0.4, -0.2) is 5.91 Å². The minimum atomic E-state index is -4.44. The van der Waals surface area contributed by atoms with E-state index in [1.807, 2.05) is 0 Å². The lowest BCUT2D eigenvalue weighted by Gasteiger charge is -2.09. The number of alkyl halides is 3. The van der Waals surface area contributed by atoms with Gasteiger partial charge in [-0.2, -0.15) is 18.4 Å². The molecule has 4 nitrogen and oxygen atoms in total. The maximum atomic E-state index is 12.5. The van der Waals surface area contributed by atoms with Gasteiger partial charge in [0.05, 0.1) is 21.3 Å². The third-order valence-corrected chi connectivity index (χ3v) is 3.98. The summed E-state index contributed by atoms with van der Waals surface area (Å²) in [5.74, 6) is -0.754. The second-order valence-corrected chi connectivity index (χ2v) is 5.73. The first-order valence-electron chi connectivity index (χ1n) is 7.02. The topological polar surface area (TPSA) is 64.9 Å². The zero-order valence-corrected chi connectivity index (χ0v) is 14.4. The molecule has 2 N–H and O–H groups in total. The van der Waals surface area contributed by atoms with Gasteiger partial charge in [-0.15, -0.1) is 0 Å². The van der Waals surface area contributed by atoms with Crippen molar-refractivity contribution in [3.05, 3.63) is 69.8 Å². The standard InChI is InChI=1S/C17H10Cl2F3N3O/c18-13-2-1-3-14(15(13)19)25-16(26)10(8-23)9-24-12-6-4-11(5-7-12)17(20,21)22/h1-7,9,24H,(H,25,26)/b10-9-. The highest BCUT2D eigenvalue weighted by Gasteiger charge is 2.29. The zero-order chi connectivity index (χ0) is 19.3. The first-order chi connectivity index (χ1) is 12.2. The molecule has 0 aliphatic rings. The van der Waals surface area contributed by atoms with Crippen molar-refractivity contribution in [1.29, 1.82) is 5.26 Å². The van der Waals surface area contributed by atoms with E-state index in [2.05, 4.69) is 10.6 Å². The van der Waals surface area contributed by atoms with E-state index in [4.69, 9.17) is 28.5 Å². The molecule has 9 heteroatoms. The van der Waals surface area contributed by atoms with Gasteiger partial charge in [-0.3, -0.25) is 4.79 Å². The van der Waals surface area contributed by atoms with Gasteiger partial charge in [-0.25, -0.2) is 0 Å². The predicted molar refractivity (Wildman–Crippen MR) is 93.9 cm³/mol. The molecule has 0 aliphatic heterocycles. The number of carbonyl (C=O) groups is 1. The molecular formula is C17H10Cl2F3N3O. The largest absolute Gasteiger partial charge is 0.416 e. The van der Waals surface area contributed by atoms with E-state index >= 15 is 0 Å². The van der Waals surface area contributed by atoms with E-state index in [1.54, 1.807) is 12.1 Å². The normalized spacial score (nSPS) is 11.6. The number of rotatable bonds is 4. The van der Waals surface area contributed by atoms with E-state index in [9.17, 15) is 18.0 Å². The molecule has 0 saturated heterocycles. The van der Waals surface area contributed by atoms with E-state index in [0.717, 1.165) is 18.3 Å². The fraction of sp³-hybridized carbons (Fsp3) is 0.0588. The Balaban J connectivity index is 2.11. The third-order valence-electron chi connectivity index (χ3n) is 3.16. The van der Waals surface area contributed by atoms with Gasteiger partial charge in [-0.05, 0) is 36.4 Å². The average Bonchev–Trinajstić information content (AvgIpc) is 2.59. The highest BCUT2D eigenvalue weighted by Crippen LogP contribution is 2.30. The Hall–Kier alpha value is -2.69. The Morgan fingerprint density at radius 3 is 2.35 bits per heavy atom. The average molecular weight is 400 g/mol. The molecule has 2 aromatic rings. The highest BCUT2D eigenvalue weighted by molar-refractivity contribution is 6.44. The van der Waals surface area contributed by atoms with Crippen LogP contribution in [-0.2, 0) is 11.0 Å². The monoisotopic (exact) mass is 399 g/mol. The van der Waals surface area contributed by atoms with Crippen molar-refractivity contribution in [1.82, 2.24) is 0 Å². The fourth-order valence-electron chi connectivity index (χ4n) is 1.85. The number of hydrogen-bond acceptors (Lipinski definition) is 3. The van der Waals surface area contributed by atoms with Crippen LogP contribution in [0.2, 0.25) is 10.0 Å². The third kappa shape index (κ3) is 4.91. The fourth-order valence-corrected chi connectivity index (χ4v) is 2.20. The molecule has 0 aromatic heterocycles. The Bertz CT molecular complexity index is 888. The van der Waals surface area contributed by atoms with Gasteiger partial charge < -0.3 is 10.6 Å². The van der Waals surface area contributed by atoms with Crippen molar-refractivity contribution in [2.45, 2.75) is 6.18 Å². The summed E-state index contributed by atoms with van der Waals surface area (Å²) in [6.07, 6.45) is -3.36. The molecule has 0 atom stereocenters. The summed E-state index contributed by atoms with van der Waals surface area (Å²) in [6.45, 7) is 0. The summed E-state index contributed by atoms with van der Waals surface area (Å²) in [6, 6.07) is 10.4. The molecule has 0 radical (unpaired) electrons. The Labute approximate surface area is 156 Å². The molecule has 2 aromatic carbocycles.